The molecule has 0 N–H and O–H groups in total. The first kappa shape index (κ1) is 13.7. The van der Waals surface area contributed by atoms with Crippen molar-refractivity contribution >= 4 is 34.3 Å². The van der Waals surface area contributed by atoms with Crippen molar-refractivity contribution in [2.45, 2.75) is 12.8 Å². The van der Waals surface area contributed by atoms with Gasteiger partial charge < -0.3 is 0 Å². The van der Waals surface area contributed by atoms with Gasteiger partial charge in [-0.3, -0.25) is 0 Å². The van der Waals surface area contributed by atoms with Gasteiger partial charge in [0.15, 0.2) is 0 Å². The second kappa shape index (κ2) is 5.67. The van der Waals surface area contributed by atoms with E-state index in [0.29, 0.717) is 0 Å². The van der Waals surface area contributed by atoms with Crippen LogP contribution in [0.25, 0.3) is 10.4 Å². The van der Waals surface area contributed by atoms with E-state index in [0.717, 1.165) is 28.6 Å². The fraction of sp³-hybridized carbons (Fsp3) is 0.111. The van der Waals surface area contributed by atoms with Crippen molar-refractivity contribution in [3.8, 4) is 10.4 Å². The molecular weight excluding hydrogens is 312 g/mol. The van der Waals surface area contributed by atoms with Crippen LogP contribution in [0.2, 0.25) is 5.02 Å². The maximum absolute atomic E-state index is 5.89. The molecule has 0 aliphatic heterocycles. The molecule has 0 atom stereocenters. The lowest BCUT2D eigenvalue weighted by Crippen LogP contribution is -2.01. The van der Waals surface area contributed by atoms with Crippen LogP contribution in [0.15, 0.2) is 53.5 Å². The first-order chi connectivity index (χ1) is 10.8. The number of hydrogen-bond acceptors (Lipinski definition) is 3. The number of aliphatic imine (C=N–C) groups is 1. The highest BCUT2D eigenvalue weighted by atomic mass is 35.5. The molecular formula is C18H13ClN2S. The van der Waals surface area contributed by atoms with Crippen LogP contribution in [0.3, 0.4) is 0 Å². The number of thiazole rings is 1. The first-order valence-corrected chi connectivity index (χ1v) is 8.37. The molecule has 1 aliphatic carbocycles. The molecule has 0 amide bonds. The molecule has 1 aliphatic rings. The minimum atomic E-state index is 0.735. The van der Waals surface area contributed by atoms with E-state index < -0.39 is 0 Å². The van der Waals surface area contributed by atoms with E-state index in [1.807, 2.05) is 30.5 Å². The lowest BCUT2D eigenvalue weighted by Gasteiger charge is -2.13. The smallest absolute Gasteiger partial charge is 0.209 e. The molecule has 1 heterocycles. The van der Waals surface area contributed by atoms with Gasteiger partial charge in [0.2, 0.25) is 5.13 Å². The SMILES string of the molecule is Clc1ccc(C=Nc2nc3c(s2)-c2ccccc2CC3)cc1. The van der Waals surface area contributed by atoms with E-state index in [-0.39, 0.29) is 0 Å². The third-order valence-electron chi connectivity index (χ3n) is 3.77. The number of nitrogens with zero attached hydrogens (tertiary/aromatic N) is 2. The number of benzene rings is 2. The Bertz CT molecular complexity index is 850. The van der Waals surface area contributed by atoms with Gasteiger partial charge in [-0.2, -0.15) is 0 Å². The lowest BCUT2D eigenvalue weighted by atomic mass is 9.94. The largest absolute Gasteiger partial charge is 0.227 e. The fourth-order valence-corrected chi connectivity index (χ4v) is 3.81. The Labute approximate surface area is 138 Å². The van der Waals surface area contributed by atoms with E-state index in [1.165, 1.54) is 21.7 Å². The zero-order valence-corrected chi connectivity index (χ0v) is 13.4. The first-order valence-electron chi connectivity index (χ1n) is 7.17. The van der Waals surface area contributed by atoms with Gasteiger partial charge in [-0.1, -0.05) is 59.3 Å². The third kappa shape index (κ3) is 2.58. The Balaban J connectivity index is 1.66. The average molecular weight is 325 g/mol. The van der Waals surface area contributed by atoms with Crippen LogP contribution < -0.4 is 0 Å². The van der Waals surface area contributed by atoms with E-state index >= 15 is 0 Å². The highest BCUT2D eigenvalue weighted by molar-refractivity contribution is 7.18. The van der Waals surface area contributed by atoms with Gasteiger partial charge in [0.1, 0.15) is 0 Å². The van der Waals surface area contributed by atoms with Crippen LogP contribution >= 0.6 is 22.9 Å². The van der Waals surface area contributed by atoms with Crippen LogP contribution in [0.1, 0.15) is 16.8 Å². The minimum Gasteiger partial charge on any atom is -0.227 e. The highest BCUT2D eigenvalue weighted by Gasteiger charge is 2.19. The number of halogens is 1. The maximum Gasteiger partial charge on any atom is 0.209 e. The maximum atomic E-state index is 5.89. The molecule has 0 bridgehead atoms. The summed E-state index contributed by atoms with van der Waals surface area (Å²) in [5, 5.41) is 1.55. The molecule has 2 nitrogen and oxygen atoms in total. The standard InChI is InChI=1S/C18H13ClN2S/c19-14-8-5-12(6-9-14)11-20-18-21-16-10-7-13-3-1-2-4-15(13)17(16)22-18/h1-6,8-9,11H,7,10H2. The van der Waals surface area contributed by atoms with Gasteiger partial charge in [-0.05, 0) is 41.7 Å². The molecule has 4 heteroatoms. The zero-order chi connectivity index (χ0) is 14.9. The Kier molecular flexibility index (Phi) is 3.53. The zero-order valence-electron chi connectivity index (χ0n) is 11.8. The van der Waals surface area contributed by atoms with Crippen LogP contribution in [0, 0.1) is 0 Å². The lowest BCUT2D eigenvalue weighted by molar-refractivity contribution is 0.910. The Morgan fingerprint density at radius 1 is 1.05 bits per heavy atom. The molecule has 0 saturated carbocycles. The quantitative estimate of drug-likeness (QED) is 0.586. The van der Waals surface area contributed by atoms with Crippen LogP contribution in [0.5, 0.6) is 0 Å². The van der Waals surface area contributed by atoms with Crippen molar-refractivity contribution in [3.05, 3.63) is 70.4 Å². The van der Waals surface area contributed by atoms with Crippen LogP contribution in [-0.4, -0.2) is 11.2 Å². The molecule has 0 fully saturated rings. The van der Waals surface area contributed by atoms with E-state index in [1.54, 1.807) is 11.3 Å². The number of aryl methyl sites for hydroxylation is 2. The van der Waals surface area contributed by atoms with Gasteiger partial charge in [0, 0.05) is 11.2 Å². The van der Waals surface area contributed by atoms with Crippen molar-refractivity contribution < 1.29 is 0 Å². The topological polar surface area (TPSA) is 25.2 Å². The molecule has 2 aromatic carbocycles. The number of rotatable bonds is 2. The number of hydrogen-bond donors (Lipinski definition) is 0. The van der Waals surface area contributed by atoms with Gasteiger partial charge in [-0.25, -0.2) is 9.98 Å². The fourth-order valence-electron chi connectivity index (χ4n) is 2.67. The molecule has 0 unspecified atom stereocenters. The summed E-state index contributed by atoms with van der Waals surface area (Å²) in [7, 11) is 0. The summed E-state index contributed by atoms with van der Waals surface area (Å²) in [6.07, 6.45) is 3.90. The average Bonchev–Trinajstić information content (AvgIpc) is 2.98. The molecule has 108 valence electrons. The van der Waals surface area contributed by atoms with Gasteiger partial charge in [-0.15, -0.1) is 0 Å². The Morgan fingerprint density at radius 2 is 1.86 bits per heavy atom. The molecule has 3 aromatic rings. The van der Waals surface area contributed by atoms with Crippen LogP contribution in [-0.2, 0) is 12.8 Å². The Morgan fingerprint density at radius 3 is 2.73 bits per heavy atom. The van der Waals surface area contributed by atoms with Crippen LogP contribution in [0.4, 0.5) is 5.13 Å². The molecule has 0 radical (unpaired) electrons. The summed E-state index contributed by atoms with van der Waals surface area (Å²) in [5.74, 6) is 0. The summed E-state index contributed by atoms with van der Waals surface area (Å²) in [6.45, 7) is 0. The molecule has 0 spiro atoms. The summed E-state index contributed by atoms with van der Waals surface area (Å²) in [6, 6.07) is 16.2. The number of fused-ring (bicyclic) bond motifs is 3. The molecule has 1 aromatic heterocycles. The predicted octanol–water partition coefficient (Wildman–Crippen LogP) is 5.31. The van der Waals surface area contributed by atoms with Gasteiger partial charge in [0.05, 0.1) is 10.6 Å². The second-order valence-corrected chi connectivity index (χ2v) is 6.65. The summed E-state index contributed by atoms with van der Waals surface area (Å²) in [4.78, 5) is 10.5. The molecule has 22 heavy (non-hydrogen) atoms. The monoisotopic (exact) mass is 324 g/mol. The van der Waals surface area contributed by atoms with Gasteiger partial charge >= 0.3 is 0 Å². The van der Waals surface area contributed by atoms with Gasteiger partial charge in [0.25, 0.3) is 0 Å². The Hall–Kier alpha value is -1.97. The van der Waals surface area contributed by atoms with Crippen molar-refractivity contribution in [1.82, 2.24) is 4.98 Å². The van der Waals surface area contributed by atoms with E-state index in [4.69, 9.17) is 11.6 Å². The van der Waals surface area contributed by atoms with E-state index in [9.17, 15) is 0 Å². The number of aromatic nitrogens is 1. The van der Waals surface area contributed by atoms with Crippen molar-refractivity contribution in [2.24, 2.45) is 4.99 Å². The summed E-state index contributed by atoms with van der Waals surface area (Å²) in [5.41, 5.74) is 4.92. The second-order valence-electron chi connectivity index (χ2n) is 5.24. The minimum absolute atomic E-state index is 0.735. The van der Waals surface area contributed by atoms with Crippen molar-refractivity contribution in [3.63, 3.8) is 0 Å². The third-order valence-corrected chi connectivity index (χ3v) is 5.06. The normalized spacial score (nSPS) is 13.1. The summed E-state index contributed by atoms with van der Waals surface area (Å²) < 4.78 is 0. The molecule has 0 saturated heterocycles. The predicted molar refractivity (Wildman–Crippen MR) is 93.7 cm³/mol. The summed E-state index contributed by atoms with van der Waals surface area (Å²) >= 11 is 7.56. The van der Waals surface area contributed by atoms with Crippen molar-refractivity contribution in [2.75, 3.05) is 0 Å². The molecule has 4 rings (SSSR count). The highest BCUT2D eigenvalue weighted by Crippen LogP contribution is 2.40. The van der Waals surface area contributed by atoms with Crippen molar-refractivity contribution in [1.29, 1.82) is 0 Å². The van der Waals surface area contributed by atoms with E-state index in [2.05, 4.69) is 34.2 Å².